The Morgan fingerprint density at radius 1 is 1.20 bits per heavy atom. The molecular weight excluding hydrogens is 287 g/mol. The van der Waals surface area contributed by atoms with Crippen molar-refractivity contribution < 1.29 is 18.0 Å². The lowest BCUT2D eigenvalue weighted by molar-refractivity contribution is -0.138. The number of benzene rings is 1. The molecule has 2 aromatic rings. The maximum Gasteiger partial charge on any atom is 0.416 e. The minimum Gasteiger partial charge on any atom is -0.325 e. The van der Waals surface area contributed by atoms with Crippen LogP contribution in [0.25, 0.3) is 0 Å². The summed E-state index contributed by atoms with van der Waals surface area (Å²) in [6.45, 7) is 0. The van der Waals surface area contributed by atoms with Gasteiger partial charge in [0.05, 0.1) is 11.3 Å². The first-order valence-corrected chi connectivity index (χ1v) is 6.88. The molecule has 3 rings (SSSR count). The maximum atomic E-state index is 13.1. The average molecular weight is 297 g/mol. The summed E-state index contributed by atoms with van der Waals surface area (Å²) >= 11 is 1.37. The summed E-state index contributed by atoms with van der Waals surface area (Å²) in [5.74, 6) is -0.783. The number of rotatable bonds is 1. The molecule has 0 aliphatic carbocycles. The highest BCUT2D eigenvalue weighted by Gasteiger charge is 2.37. The highest BCUT2D eigenvalue weighted by Crippen LogP contribution is 2.44. The van der Waals surface area contributed by atoms with Crippen molar-refractivity contribution in [2.45, 2.75) is 18.5 Å². The standard InChI is InChI=1S/C14H10F3NOS/c15-14(16,17)10-4-2-1-3-8(10)9-7-12(19)18-11-5-6-20-13(9)11/h1-6,9H,7H2,(H,18,19)/t9-/m0/s1. The predicted molar refractivity (Wildman–Crippen MR) is 70.9 cm³/mol. The van der Waals surface area contributed by atoms with Crippen LogP contribution in [0.3, 0.4) is 0 Å². The van der Waals surface area contributed by atoms with Gasteiger partial charge in [0.25, 0.3) is 0 Å². The lowest BCUT2D eigenvalue weighted by Gasteiger charge is -2.25. The van der Waals surface area contributed by atoms with Crippen LogP contribution in [0, 0.1) is 0 Å². The van der Waals surface area contributed by atoms with Gasteiger partial charge in [0.1, 0.15) is 0 Å². The normalized spacial score (nSPS) is 18.6. The molecule has 1 aromatic carbocycles. The number of hydrogen-bond acceptors (Lipinski definition) is 2. The first-order chi connectivity index (χ1) is 9.47. The molecule has 2 nitrogen and oxygen atoms in total. The molecule has 1 aromatic heterocycles. The van der Waals surface area contributed by atoms with E-state index in [9.17, 15) is 18.0 Å². The van der Waals surface area contributed by atoms with Crippen molar-refractivity contribution >= 4 is 22.9 Å². The summed E-state index contributed by atoms with van der Waals surface area (Å²) in [5, 5.41) is 4.47. The third-order valence-corrected chi connectivity index (χ3v) is 4.35. The Hall–Kier alpha value is -1.82. The summed E-state index contributed by atoms with van der Waals surface area (Å²) in [7, 11) is 0. The minimum atomic E-state index is -4.41. The molecule has 1 aliphatic rings. The Morgan fingerprint density at radius 2 is 1.95 bits per heavy atom. The molecular formula is C14H10F3NOS. The fourth-order valence-electron chi connectivity index (χ4n) is 2.48. The van der Waals surface area contributed by atoms with Gasteiger partial charge < -0.3 is 5.32 Å². The number of alkyl halides is 3. The number of amides is 1. The Labute approximate surface area is 117 Å². The molecule has 2 heterocycles. The zero-order valence-electron chi connectivity index (χ0n) is 10.2. The monoisotopic (exact) mass is 297 g/mol. The van der Waals surface area contributed by atoms with Gasteiger partial charge in [0.15, 0.2) is 0 Å². The second-order valence-corrected chi connectivity index (χ2v) is 5.54. The van der Waals surface area contributed by atoms with Crippen LogP contribution in [0.2, 0.25) is 0 Å². The predicted octanol–water partition coefficient (Wildman–Crippen LogP) is 4.24. The highest BCUT2D eigenvalue weighted by molar-refractivity contribution is 7.10. The van der Waals surface area contributed by atoms with E-state index in [1.807, 2.05) is 0 Å². The third kappa shape index (κ3) is 2.20. The minimum absolute atomic E-state index is 0.0423. The van der Waals surface area contributed by atoms with E-state index >= 15 is 0 Å². The van der Waals surface area contributed by atoms with Crippen LogP contribution in [-0.2, 0) is 11.0 Å². The van der Waals surface area contributed by atoms with E-state index in [2.05, 4.69) is 5.32 Å². The molecule has 0 saturated carbocycles. The highest BCUT2D eigenvalue weighted by atomic mass is 32.1. The first-order valence-electron chi connectivity index (χ1n) is 6.00. The van der Waals surface area contributed by atoms with Crippen molar-refractivity contribution in [3.8, 4) is 0 Å². The average Bonchev–Trinajstić information content (AvgIpc) is 2.84. The molecule has 1 N–H and O–H groups in total. The quantitative estimate of drug-likeness (QED) is 0.838. The van der Waals surface area contributed by atoms with E-state index in [4.69, 9.17) is 0 Å². The molecule has 6 heteroatoms. The van der Waals surface area contributed by atoms with E-state index in [1.54, 1.807) is 17.5 Å². The van der Waals surface area contributed by atoms with Gasteiger partial charge in [-0.3, -0.25) is 4.79 Å². The van der Waals surface area contributed by atoms with Gasteiger partial charge in [-0.15, -0.1) is 11.3 Å². The van der Waals surface area contributed by atoms with Crippen molar-refractivity contribution in [3.05, 3.63) is 51.7 Å². The van der Waals surface area contributed by atoms with Crippen molar-refractivity contribution in [2.24, 2.45) is 0 Å². The van der Waals surface area contributed by atoms with Gasteiger partial charge >= 0.3 is 6.18 Å². The molecule has 104 valence electrons. The number of halogens is 3. The fraction of sp³-hybridized carbons (Fsp3) is 0.214. The molecule has 20 heavy (non-hydrogen) atoms. The van der Waals surface area contributed by atoms with Crippen LogP contribution >= 0.6 is 11.3 Å². The Balaban J connectivity index is 2.14. The first kappa shape index (κ1) is 13.2. The topological polar surface area (TPSA) is 29.1 Å². The van der Waals surface area contributed by atoms with Crippen molar-refractivity contribution in [3.63, 3.8) is 0 Å². The number of fused-ring (bicyclic) bond motifs is 1. The summed E-state index contributed by atoms with van der Waals surface area (Å²) in [5.41, 5.74) is 0.117. The number of thiophene rings is 1. The smallest absolute Gasteiger partial charge is 0.325 e. The molecule has 1 amide bonds. The van der Waals surface area contributed by atoms with Crippen molar-refractivity contribution in [1.82, 2.24) is 0 Å². The van der Waals surface area contributed by atoms with E-state index in [0.29, 0.717) is 5.69 Å². The van der Waals surface area contributed by atoms with E-state index in [0.717, 1.165) is 10.9 Å². The van der Waals surface area contributed by atoms with Gasteiger partial charge in [-0.05, 0) is 23.1 Å². The summed E-state index contributed by atoms with van der Waals surface area (Å²) < 4.78 is 39.3. The largest absolute Gasteiger partial charge is 0.416 e. The Kier molecular flexibility index (Phi) is 3.05. The number of hydrogen-bond donors (Lipinski definition) is 1. The molecule has 0 spiro atoms. The zero-order valence-corrected chi connectivity index (χ0v) is 11.0. The van der Waals surface area contributed by atoms with Crippen LogP contribution in [0.5, 0.6) is 0 Å². The van der Waals surface area contributed by atoms with Gasteiger partial charge in [-0.1, -0.05) is 18.2 Å². The van der Waals surface area contributed by atoms with E-state index < -0.39 is 17.7 Å². The number of anilines is 1. The van der Waals surface area contributed by atoms with Crippen LogP contribution < -0.4 is 5.32 Å². The Bertz CT molecular complexity index is 662. The van der Waals surface area contributed by atoms with Crippen LogP contribution in [0.4, 0.5) is 18.9 Å². The molecule has 1 aliphatic heterocycles. The summed E-state index contributed by atoms with van der Waals surface area (Å²) in [6.07, 6.45) is -4.37. The third-order valence-electron chi connectivity index (χ3n) is 3.32. The number of nitrogens with one attached hydrogen (secondary N) is 1. The molecule has 1 atom stereocenters. The van der Waals surface area contributed by atoms with Crippen LogP contribution in [0.15, 0.2) is 35.7 Å². The van der Waals surface area contributed by atoms with Gasteiger partial charge in [-0.25, -0.2) is 0 Å². The van der Waals surface area contributed by atoms with Gasteiger partial charge in [0.2, 0.25) is 5.91 Å². The molecule has 0 radical (unpaired) electrons. The SMILES string of the molecule is O=C1C[C@@H](c2ccccc2C(F)(F)F)c2sccc2N1. The molecule has 0 unspecified atom stereocenters. The lowest BCUT2D eigenvalue weighted by Crippen LogP contribution is -2.23. The van der Waals surface area contributed by atoms with E-state index in [1.165, 1.54) is 23.5 Å². The van der Waals surface area contributed by atoms with Crippen LogP contribution in [0.1, 0.15) is 28.3 Å². The lowest BCUT2D eigenvalue weighted by atomic mass is 9.87. The maximum absolute atomic E-state index is 13.1. The molecule has 0 fully saturated rings. The number of carbonyl (C=O) groups excluding carboxylic acids is 1. The van der Waals surface area contributed by atoms with Crippen molar-refractivity contribution in [1.29, 1.82) is 0 Å². The summed E-state index contributed by atoms with van der Waals surface area (Å²) in [4.78, 5) is 12.5. The second-order valence-electron chi connectivity index (χ2n) is 4.59. The van der Waals surface area contributed by atoms with E-state index in [-0.39, 0.29) is 17.9 Å². The van der Waals surface area contributed by atoms with Gasteiger partial charge in [0, 0.05) is 17.2 Å². The molecule has 0 bridgehead atoms. The molecule has 0 saturated heterocycles. The zero-order chi connectivity index (χ0) is 14.3. The fourth-order valence-corrected chi connectivity index (χ4v) is 3.45. The van der Waals surface area contributed by atoms with Crippen molar-refractivity contribution in [2.75, 3.05) is 5.32 Å². The second kappa shape index (κ2) is 4.63. The van der Waals surface area contributed by atoms with Gasteiger partial charge in [-0.2, -0.15) is 13.2 Å². The Morgan fingerprint density at radius 3 is 2.70 bits per heavy atom. The van der Waals surface area contributed by atoms with Crippen LogP contribution in [-0.4, -0.2) is 5.91 Å². The number of carbonyl (C=O) groups is 1. The summed E-state index contributed by atoms with van der Waals surface area (Å²) in [6, 6.07) is 7.18.